The van der Waals surface area contributed by atoms with E-state index in [0.717, 1.165) is 24.5 Å². The normalized spacial score (nSPS) is 17.2. The van der Waals surface area contributed by atoms with Gasteiger partial charge >= 0.3 is 0 Å². The van der Waals surface area contributed by atoms with Gasteiger partial charge in [-0.05, 0) is 25.0 Å². The Morgan fingerprint density at radius 2 is 2.22 bits per heavy atom. The maximum absolute atomic E-state index is 12.7. The van der Waals surface area contributed by atoms with E-state index in [-0.39, 0.29) is 17.4 Å². The number of carbonyl (C=O) groups excluding carboxylic acids is 1. The van der Waals surface area contributed by atoms with Crippen LogP contribution in [-0.2, 0) is 13.6 Å². The number of aromatic nitrogens is 6. The highest BCUT2D eigenvalue weighted by atomic mass is 16.2. The first kappa shape index (κ1) is 17.2. The Hall–Kier alpha value is -3.23. The van der Waals surface area contributed by atoms with Crippen LogP contribution in [0.15, 0.2) is 41.6 Å². The summed E-state index contributed by atoms with van der Waals surface area (Å²) < 4.78 is 3.81. The maximum atomic E-state index is 12.7. The molecule has 0 saturated carbocycles. The highest BCUT2D eigenvalue weighted by Crippen LogP contribution is 2.26. The molecule has 4 rings (SSSR count). The van der Waals surface area contributed by atoms with Gasteiger partial charge in [0.05, 0.1) is 5.56 Å². The van der Waals surface area contributed by atoms with Crippen LogP contribution in [0, 0.1) is 0 Å². The molecule has 0 aromatic carbocycles. The zero-order chi connectivity index (χ0) is 18.8. The van der Waals surface area contributed by atoms with E-state index in [4.69, 9.17) is 0 Å². The molecule has 9 nitrogen and oxygen atoms in total. The van der Waals surface area contributed by atoms with Gasteiger partial charge in [0.1, 0.15) is 12.4 Å². The highest BCUT2D eigenvalue weighted by Gasteiger charge is 2.29. The minimum atomic E-state index is -0.216. The van der Waals surface area contributed by atoms with Crippen LogP contribution in [0.5, 0.6) is 0 Å². The van der Waals surface area contributed by atoms with Crippen molar-refractivity contribution < 1.29 is 4.79 Å². The number of hydrogen-bond acceptors (Lipinski definition) is 5. The number of pyridine rings is 1. The van der Waals surface area contributed by atoms with Crippen LogP contribution in [-0.4, -0.2) is 53.4 Å². The molecular weight excluding hydrogens is 346 g/mol. The van der Waals surface area contributed by atoms with E-state index < -0.39 is 0 Å². The molecule has 1 unspecified atom stereocenters. The first-order valence-corrected chi connectivity index (χ1v) is 8.95. The predicted octanol–water partition coefficient (Wildman–Crippen LogP) is 0.768. The van der Waals surface area contributed by atoms with E-state index in [2.05, 4.69) is 20.3 Å². The SMILES string of the molecule is Cn1c(Cn2cccn2)nnc1C1CCCN(C(=O)c2ccc(=O)[nH]c2)C1. The van der Waals surface area contributed by atoms with Crippen molar-refractivity contribution in [2.45, 2.75) is 25.3 Å². The number of H-pyrrole nitrogens is 1. The van der Waals surface area contributed by atoms with Crippen LogP contribution >= 0.6 is 0 Å². The smallest absolute Gasteiger partial charge is 0.255 e. The summed E-state index contributed by atoms with van der Waals surface area (Å²) in [6.45, 7) is 1.85. The van der Waals surface area contributed by atoms with Crippen molar-refractivity contribution in [1.29, 1.82) is 0 Å². The molecule has 1 atom stereocenters. The number of amides is 1. The molecule has 9 heteroatoms. The van der Waals surface area contributed by atoms with Gasteiger partial charge in [0.2, 0.25) is 5.56 Å². The molecule has 1 aliphatic rings. The van der Waals surface area contributed by atoms with Crippen LogP contribution in [0.25, 0.3) is 0 Å². The van der Waals surface area contributed by atoms with E-state index >= 15 is 0 Å². The topological polar surface area (TPSA) is 102 Å². The van der Waals surface area contributed by atoms with Gasteiger partial charge in [0.15, 0.2) is 5.82 Å². The van der Waals surface area contributed by atoms with Gasteiger partial charge in [0.25, 0.3) is 5.91 Å². The van der Waals surface area contributed by atoms with Crippen molar-refractivity contribution in [3.63, 3.8) is 0 Å². The summed E-state index contributed by atoms with van der Waals surface area (Å²) in [5.41, 5.74) is 0.277. The third kappa shape index (κ3) is 3.53. The third-order valence-corrected chi connectivity index (χ3v) is 4.97. The lowest BCUT2D eigenvalue weighted by atomic mass is 9.96. The Bertz CT molecular complexity index is 969. The van der Waals surface area contributed by atoms with Gasteiger partial charge in [-0.3, -0.25) is 14.3 Å². The first-order chi connectivity index (χ1) is 13.1. The van der Waals surface area contributed by atoms with Crippen molar-refractivity contribution in [3.05, 3.63) is 64.4 Å². The van der Waals surface area contributed by atoms with Crippen molar-refractivity contribution in [2.24, 2.45) is 7.05 Å². The first-order valence-electron chi connectivity index (χ1n) is 8.95. The van der Waals surface area contributed by atoms with Crippen LogP contribution in [0.1, 0.15) is 40.8 Å². The predicted molar refractivity (Wildman–Crippen MR) is 97.3 cm³/mol. The van der Waals surface area contributed by atoms with E-state index in [1.807, 2.05) is 28.8 Å². The molecule has 3 aromatic heterocycles. The molecule has 0 aliphatic carbocycles. The lowest BCUT2D eigenvalue weighted by Crippen LogP contribution is -2.40. The average molecular weight is 367 g/mol. The summed E-state index contributed by atoms with van der Waals surface area (Å²) in [7, 11) is 1.96. The van der Waals surface area contributed by atoms with Crippen LogP contribution in [0.4, 0.5) is 0 Å². The third-order valence-electron chi connectivity index (χ3n) is 4.97. The second-order valence-electron chi connectivity index (χ2n) is 6.77. The van der Waals surface area contributed by atoms with Gasteiger partial charge in [-0.2, -0.15) is 5.10 Å². The minimum Gasteiger partial charge on any atom is -0.338 e. The molecule has 1 saturated heterocycles. The number of nitrogens with one attached hydrogen (secondary N) is 1. The van der Waals surface area contributed by atoms with E-state index in [1.54, 1.807) is 16.9 Å². The molecule has 1 aliphatic heterocycles. The number of rotatable bonds is 4. The molecule has 1 N–H and O–H groups in total. The summed E-state index contributed by atoms with van der Waals surface area (Å²) in [5.74, 6) is 1.78. The molecule has 0 bridgehead atoms. The largest absolute Gasteiger partial charge is 0.338 e. The lowest BCUT2D eigenvalue weighted by Gasteiger charge is -2.32. The summed E-state index contributed by atoms with van der Waals surface area (Å²) in [6.07, 6.45) is 6.96. The Kier molecular flexibility index (Phi) is 4.57. The number of likely N-dealkylation sites (tertiary alicyclic amines) is 1. The van der Waals surface area contributed by atoms with E-state index in [1.165, 1.54) is 12.3 Å². The Balaban J connectivity index is 1.50. The summed E-state index contributed by atoms with van der Waals surface area (Å²) in [6, 6.07) is 4.81. The molecule has 0 spiro atoms. The second-order valence-corrected chi connectivity index (χ2v) is 6.77. The van der Waals surface area contributed by atoms with E-state index in [9.17, 15) is 9.59 Å². The fraction of sp³-hybridized carbons (Fsp3) is 0.389. The standard InChI is InChI=1S/C18H21N7O2/c1-23-15(12-25-9-3-7-20-25)21-22-17(23)14-4-2-8-24(11-14)18(27)13-5-6-16(26)19-10-13/h3,5-7,9-10,14H,2,4,8,11-12H2,1H3,(H,19,26). The number of nitrogens with zero attached hydrogens (tertiary/aromatic N) is 6. The Labute approximate surface area is 155 Å². The minimum absolute atomic E-state index is 0.0742. The van der Waals surface area contributed by atoms with Crippen molar-refractivity contribution in [2.75, 3.05) is 13.1 Å². The summed E-state index contributed by atoms with van der Waals surface area (Å²) in [5, 5.41) is 12.9. The lowest BCUT2D eigenvalue weighted by molar-refractivity contribution is 0.0703. The summed E-state index contributed by atoms with van der Waals surface area (Å²) in [4.78, 5) is 28.3. The highest BCUT2D eigenvalue weighted by molar-refractivity contribution is 5.93. The van der Waals surface area contributed by atoms with Crippen molar-refractivity contribution in [1.82, 2.24) is 34.4 Å². The Morgan fingerprint density at radius 1 is 1.33 bits per heavy atom. The van der Waals surface area contributed by atoms with Gasteiger partial charge in [0, 0.05) is 50.7 Å². The van der Waals surface area contributed by atoms with Gasteiger partial charge < -0.3 is 14.5 Å². The second kappa shape index (κ2) is 7.18. The van der Waals surface area contributed by atoms with Crippen molar-refractivity contribution >= 4 is 5.91 Å². The molecule has 1 amide bonds. The van der Waals surface area contributed by atoms with Crippen LogP contribution in [0.3, 0.4) is 0 Å². The zero-order valence-electron chi connectivity index (χ0n) is 15.1. The summed E-state index contributed by atoms with van der Waals surface area (Å²) >= 11 is 0. The van der Waals surface area contributed by atoms with Gasteiger partial charge in [-0.15, -0.1) is 10.2 Å². The van der Waals surface area contributed by atoms with Crippen molar-refractivity contribution in [3.8, 4) is 0 Å². The average Bonchev–Trinajstić information content (AvgIpc) is 3.33. The quantitative estimate of drug-likeness (QED) is 0.734. The zero-order valence-corrected chi connectivity index (χ0v) is 15.1. The number of carbonyl (C=O) groups is 1. The van der Waals surface area contributed by atoms with Crippen LogP contribution in [0.2, 0.25) is 0 Å². The van der Waals surface area contributed by atoms with E-state index in [0.29, 0.717) is 25.2 Å². The molecule has 3 aromatic rings. The molecule has 27 heavy (non-hydrogen) atoms. The Morgan fingerprint density at radius 3 is 2.96 bits per heavy atom. The van der Waals surface area contributed by atoms with Gasteiger partial charge in [-0.25, -0.2) is 0 Å². The number of piperidine rings is 1. The molecule has 140 valence electrons. The number of hydrogen-bond donors (Lipinski definition) is 1. The fourth-order valence-corrected chi connectivity index (χ4v) is 3.51. The maximum Gasteiger partial charge on any atom is 0.255 e. The fourth-order valence-electron chi connectivity index (χ4n) is 3.51. The van der Waals surface area contributed by atoms with Crippen LogP contribution < -0.4 is 5.56 Å². The molecule has 1 fully saturated rings. The molecule has 4 heterocycles. The van der Waals surface area contributed by atoms with Gasteiger partial charge in [-0.1, -0.05) is 0 Å². The molecular formula is C18H21N7O2. The molecule has 0 radical (unpaired) electrons. The monoisotopic (exact) mass is 367 g/mol. The number of aromatic amines is 1.